The molecule has 0 aliphatic carbocycles. The number of carbonyl (C=O) groups is 1. The summed E-state index contributed by atoms with van der Waals surface area (Å²) in [5, 5.41) is 5.52. The number of rotatable bonds is 8. The molecule has 0 radical (unpaired) electrons. The maximum absolute atomic E-state index is 11.3. The van der Waals surface area contributed by atoms with Crippen LogP contribution in [0.4, 0.5) is 0 Å². The number of nitrogens with one attached hydrogen (secondary N) is 3. The molecule has 6 nitrogen and oxygen atoms in total. The molecule has 0 saturated carbocycles. The molecule has 0 spiro atoms. The molecule has 0 fully saturated rings. The monoisotopic (exact) mass is 249 g/mol. The first kappa shape index (κ1) is 15.1. The van der Waals surface area contributed by atoms with E-state index in [0.717, 1.165) is 6.26 Å². The van der Waals surface area contributed by atoms with E-state index in [0.29, 0.717) is 13.1 Å². The van der Waals surface area contributed by atoms with Crippen LogP contribution in [0.25, 0.3) is 0 Å². The normalized spacial score (nSPS) is 13.1. The van der Waals surface area contributed by atoms with E-state index >= 15 is 0 Å². The number of amides is 1. The van der Waals surface area contributed by atoms with Gasteiger partial charge in [-0.05, 0) is 6.92 Å². The highest BCUT2D eigenvalue weighted by atomic mass is 32.2. The molecule has 16 heavy (non-hydrogen) atoms. The molecule has 3 N–H and O–H groups in total. The molecule has 0 aromatic rings. The molecule has 0 aromatic carbocycles. The Labute approximate surface area is 96.5 Å². The molecule has 7 heteroatoms. The zero-order chi connectivity index (χ0) is 12.6. The average Bonchev–Trinajstić information content (AvgIpc) is 2.19. The minimum absolute atomic E-state index is 0.140. The quantitative estimate of drug-likeness (QED) is 0.373. The predicted molar refractivity (Wildman–Crippen MR) is 63.5 cm³/mol. The number of sulfonamides is 1. The Morgan fingerprint density at radius 2 is 2.06 bits per heavy atom. The van der Waals surface area contributed by atoms with Crippen LogP contribution in [0.3, 0.4) is 0 Å². The zero-order valence-corrected chi connectivity index (χ0v) is 10.4. The van der Waals surface area contributed by atoms with Crippen molar-refractivity contribution in [1.82, 2.24) is 15.4 Å². The van der Waals surface area contributed by atoms with Gasteiger partial charge in [-0.3, -0.25) is 4.79 Å². The molecule has 1 unspecified atom stereocenters. The lowest BCUT2D eigenvalue weighted by Crippen LogP contribution is -2.44. The van der Waals surface area contributed by atoms with Crippen LogP contribution < -0.4 is 15.4 Å². The highest BCUT2D eigenvalue weighted by Crippen LogP contribution is 1.81. The van der Waals surface area contributed by atoms with Crippen molar-refractivity contribution in [2.75, 3.05) is 25.9 Å². The van der Waals surface area contributed by atoms with Gasteiger partial charge >= 0.3 is 0 Å². The largest absolute Gasteiger partial charge is 0.351 e. The molecule has 1 atom stereocenters. The van der Waals surface area contributed by atoms with Gasteiger partial charge in [0.2, 0.25) is 15.9 Å². The molecular weight excluding hydrogens is 230 g/mol. The first-order valence-electron chi connectivity index (χ1n) is 4.93. The first-order chi connectivity index (χ1) is 7.37. The van der Waals surface area contributed by atoms with Crippen LogP contribution in [0.2, 0.25) is 0 Å². The lowest BCUT2D eigenvalue weighted by Gasteiger charge is -2.13. The molecule has 94 valence electrons. The summed E-state index contributed by atoms with van der Waals surface area (Å²) in [6.07, 6.45) is 2.68. The molecule has 0 rings (SSSR count). The van der Waals surface area contributed by atoms with Crippen LogP contribution in [0.5, 0.6) is 0 Å². The summed E-state index contributed by atoms with van der Waals surface area (Å²) in [5.41, 5.74) is 0. The molecule has 0 saturated heterocycles. The third-order valence-electron chi connectivity index (χ3n) is 1.75. The second kappa shape index (κ2) is 7.37. The molecule has 0 heterocycles. The Morgan fingerprint density at radius 1 is 1.44 bits per heavy atom. The van der Waals surface area contributed by atoms with Crippen molar-refractivity contribution >= 4 is 15.9 Å². The lowest BCUT2D eigenvalue weighted by molar-refractivity contribution is -0.122. The average molecular weight is 249 g/mol. The molecule has 0 aliphatic heterocycles. The fourth-order valence-corrected chi connectivity index (χ4v) is 1.42. The van der Waals surface area contributed by atoms with Crippen molar-refractivity contribution in [1.29, 1.82) is 0 Å². The van der Waals surface area contributed by atoms with Gasteiger partial charge < -0.3 is 10.6 Å². The van der Waals surface area contributed by atoms with E-state index in [-0.39, 0.29) is 18.5 Å². The summed E-state index contributed by atoms with van der Waals surface area (Å²) in [7, 11) is -3.16. The third kappa shape index (κ3) is 8.39. The minimum Gasteiger partial charge on any atom is -0.351 e. The van der Waals surface area contributed by atoms with E-state index in [1.807, 2.05) is 0 Å². The van der Waals surface area contributed by atoms with Gasteiger partial charge in [-0.2, -0.15) is 0 Å². The summed E-state index contributed by atoms with van der Waals surface area (Å²) < 4.78 is 23.8. The second-order valence-corrected chi connectivity index (χ2v) is 5.21. The van der Waals surface area contributed by atoms with E-state index in [1.54, 1.807) is 13.0 Å². The van der Waals surface area contributed by atoms with Gasteiger partial charge in [0.15, 0.2) is 0 Å². The summed E-state index contributed by atoms with van der Waals surface area (Å²) in [5.74, 6) is -0.140. The Kier molecular flexibility index (Phi) is 6.95. The van der Waals surface area contributed by atoms with Gasteiger partial charge in [-0.1, -0.05) is 6.08 Å². The highest BCUT2D eigenvalue weighted by Gasteiger charge is 2.10. The summed E-state index contributed by atoms with van der Waals surface area (Å²) >= 11 is 0. The van der Waals surface area contributed by atoms with Crippen molar-refractivity contribution in [2.24, 2.45) is 0 Å². The van der Waals surface area contributed by atoms with Gasteiger partial charge in [-0.25, -0.2) is 13.1 Å². The fraction of sp³-hybridized carbons (Fsp3) is 0.667. The van der Waals surface area contributed by atoms with Gasteiger partial charge in [0, 0.05) is 19.6 Å². The van der Waals surface area contributed by atoms with E-state index in [4.69, 9.17) is 0 Å². The summed E-state index contributed by atoms with van der Waals surface area (Å²) in [6.45, 7) is 6.27. The Balaban J connectivity index is 3.68. The molecule has 0 aromatic heterocycles. The van der Waals surface area contributed by atoms with E-state index < -0.39 is 10.0 Å². The Hall–Kier alpha value is -0.920. The standard InChI is InChI=1S/C9H19N3O3S/c1-4-5-11-9(13)8(2)10-6-7-12-16(3,14)15/h4,8,10,12H,1,5-7H2,2-3H3,(H,11,13). The van der Waals surface area contributed by atoms with Crippen LogP contribution >= 0.6 is 0 Å². The molecular formula is C9H19N3O3S. The van der Waals surface area contributed by atoms with E-state index in [9.17, 15) is 13.2 Å². The van der Waals surface area contributed by atoms with Crippen LogP contribution in [0, 0.1) is 0 Å². The van der Waals surface area contributed by atoms with Crippen LogP contribution in [-0.2, 0) is 14.8 Å². The van der Waals surface area contributed by atoms with Crippen molar-refractivity contribution in [3.05, 3.63) is 12.7 Å². The number of carbonyl (C=O) groups excluding carboxylic acids is 1. The zero-order valence-electron chi connectivity index (χ0n) is 9.62. The van der Waals surface area contributed by atoms with Crippen molar-refractivity contribution in [2.45, 2.75) is 13.0 Å². The molecule has 0 bridgehead atoms. The van der Waals surface area contributed by atoms with E-state index in [1.165, 1.54) is 0 Å². The Bertz CT molecular complexity index is 327. The second-order valence-electron chi connectivity index (χ2n) is 3.38. The SMILES string of the molecule is C=CCNC(=O)C(C)NCCNS(C)(=O)=O. The van der Waals surface area contributed by atoms with Crippen molar-refractivity contribution in [3.63, 3.8) is 0 Å². The predicted octanol–water partition coefficient (Wildman–Crippen LogP) is -1.18. The summed E-state index contributed by atoms with van der Waals surface area (Å²) in [6, 6.07) is -0.360. The van der Waals surface area contributed by atoms with Crippen molar-refractivity contribution < 1.29 is 13.2 Å². The topological polar surface area (TPSA) is 87.3 Å². The van der Waals surface area contributed by atoms with Crippen molar-refractivity contribution in [3.8, 4) is 0 Å². The van der Waals surface area contributed by atoms with Crippen LogP contribution in [0.15, 0.2) is 12.7 Å². The third-order valence-corrected chi connectivity index (χ3v) is 2.48. The summed E-state index contributed by atoms with van der Waals surface area (Å²) in [4.78, 5) is 11.3. The minimum atomic E-state index is -3.16. The van der Waals surface area contributed by atoms with Crippen LogP contribution in [0.1, 0.15) is 6.92 Å². The number of hydrogen-bond acceptors (Lipinski definition) is 4. The highest BCUT2D eigenvalue weighted by molar-refractivity contribution is 7.88. The number of hydrogen-bond donors (Lipinski definition) is 3. The molecule has 0 aliphatic rings. The Morgan fingerprint density at radius 3 is 2.56 bits per heavy atom. The fourth-order valence-electron chi connectivity index (χ4n) is 0.944. The maximum atomic E-state index is 11.3. The van der Waals surface area contributed by atoms with Crippen LogP contribution in [-0.4, -0.2) is 46.3 Å². The van der Waals surface area contributed by atoms with Gasteiger partial charge in [0.1, 0.15) is 0 Å². The van der Waals surface area contributed by atoms with E-state index in [2.05, 4.69) is 21.9 Å². The molecule has 1 amide bonds. The maximum Gasteiger partial charge on any atom is 0.237 e. The smallest absolute Gasteiger partial charge is 0.237 e. The lowest BCUT2D eigenvalue weighted by atomic mass is 10.3. The van der Waals surface area contributed by atoms with Gasteiger partial charge in [0.25, 0.3) is 0 Å². The first-order valence-corrected chi connectivity index (χ1v) is 6.82. The van der Waals surface area contributed by atoms with Gasteiger partial charge in [0.05, 0.1) is 12.3 Å². The van der Waals surface area contributed by atoms with Gasteiger partial charge in [-0.15, -0.1) is 6.58 Å².